The molecule has 2 rings (SSSR count). The van der Waals surface area contributed by atoms with Crippen LogP contribution in [0.15, 0.2) is 29.4 Å². The van der Waals surface area contributed by atoms with Crippen molar-refractivity contribution in [1.29, 1.82) is 0 Å². The van der Waals surface area contributed by atoms with Crippen molar-refractivity contribution >= 4 is 23.6 Å². The van der Waals surface area contributed by atoms with Crippen LogP contribution < -0.4 is 5.73 Å². The topological polar surface area (TPSA) is 87.9 Å². The molecule has 0 saturated heterocycles. The SMILES string of the molecule is CN(Cc1ccccc1F)C(=O)CSc1n[nH]c(N)n1. The molecule has 0 spiro atoms. The summed E-state index contributed by atoms with van der Waals surface area (Å²) >= 11 is 1.17. The molecule has 0 aliphatic rings. The lowest BCUT2D eigenvalue weighted by Crippen LogP contribution is -2.28. The number of nitrogens with zero attached hydrogens (tertiary/aromatic N) is 3. The molecule has 0 aliphatic carbocycles. The van der Waals surface area contributed by atoms with Gasteiger partial charge in [0.1, 0.15) is 5.82 Å². The fourth-order valence-electron chi connectivity index (χ4n) is 1.53. The Bertz CT molecular complexity index is 603. The van der Waals surface area contributed by atoms with Gasteiger partial charge >= 0.3 is 0 Å². The van der Waals surface area contributed by atoms with E-state index in [-0.39, 0.29) is 30.0 Å². The van der Waals surface area contributed by atoms with Gasteiger partial charge in [-0.05, 0) is 6.07 Å². The van der Waals surface area contributed by atoms with Crippen LogP contribution in [0.25, 0.3) is 0 Å². The number of carbonyl (C=O) groups is 1. The van der Waals surface area contributed by atoms with Crippen molar-refractivity contribution < 1.29 is 9.18 Å². The minimum absolute atomic E-state index is 0.137. The number of aromatic amines is 1. The summed E-state index contributed by atoms with van der Waals surface area (Å²) in [6.07, 6.45) is 0. The van der Waals surface area contributed by atoms with Gasteiger partial charge in [0.15, 0.2) is 0 Å². The largest absolute Gasteiger partial charge is 0.368 e. The number of aromatic nitrogens is 3. The van der Waals surface area contributed by atoms with Crippen LogP contribution in [-0.4, -0.2) is 38.8 Å². The van der Waals surface area contributed by atoms with Crippen molar-refractivity contribution in [3.8, 4) is 0 Å². The summed E-state index contributed by atoms with van der Waals surface area (Å²) in [6.45, 7) is 0.224. The molecule has 6 nitrogen and oxygen atoms in total. The maximum Gasteiger partial charge on any atom is 0.233 e. The number of hydrogen-bond donors (Lipinski definition) is 2. The standard InChI is InChI=1S/C12H14FN5OS/c1-18(6-8-4-2-3-5-9(8)13)10(19)7-20-12-15-11(14)16-17-12/h2-5H,6-7H2,1H3,(H3,14,15,16,17). The molecule has 2 aromatic rings. The Kier molecular flexibility index (Phi) is 4.57. The third-order valence-electron chi connectivity index (χ3n) is 2.60. The van der Waals surface area contributed by atoms with E-state index in [9.17, 15) is 9.18 Å². The highest BCUT2D eigenvalue weighted by atomic mass is 32.2. The second-order valence-corrected chi connectivity index (χ2v) is 5.08. The minimum atomic E-state index is -0.318. The van der Waals surface area contributed by atoms with Crippen molar-refractivity contribution in [2.75, 3.05) is 18.5 Å². The lowest BCUT2D eigenvalue weighted by atomic mass is 10.2. The van der Waals surface area contributed by atoms with Crippen LogP contribution in [0.3, 0.4) is 0 Å². The molecule has 1 heterocycles. The van der Waals surface area contributed by atoms with Crippen LogP contribution in [0.4, 0.5) is 10.3 Å². The summed E-state index contributed by atoms with van der Waals surface area (Å²) < 4.78 is 13.5. The fourth-order valence-corrected chi connectivity index (χ4v) is 2.28. The summed E-state index contributed by atoms with van der Waals surface area (Å²) in [6, 6.07) is 6.38. The van der Waals surface area contributed by atoms with E-state index in [1.807, 2.05) is 0 Å². The Hall–Kier alpha value is -2.09. The van der Waals surface area contributed by atoms with E-state index in [1.54, 1.807) is 25.2 Å². The average molecular weight is 295 g/mol. The minimum Gasteiger partial charge on any atom is -0.368 e. The summed E-state index contributed by atoms with van der Waals surface area (Å²) in [5, 5.41) is 6.72. The van der Waals surface area contributed by atoms with Crippen LogP contribution >= 0.6 is 11.8 Å². The first kappa shape index (κ1) is 14.3. The van der Waals surface area contributed by atoms with Gasteiger partial charge in [-0.25, -0.2) is 9.49 Å². The molecule has 1 amide bonds. The third-order valence-corrected chi connectivity index (χ3v) is 3.43. The van der Waals surface area contributed by atoms with Crippen LogP contribution in [0.2, 0.25) is 0 Å². The molecule has 0 atom stereocenters. The zero-order valence-electron chi connectivity index (χ0n) is 10.8. The van der Waals surface area contributed by atoms with E-state index < -0.39 is 0 Å². The van der Waals surface area contributed by atoms with E-state index in [0.717, 1.165) is 0 Å². The smallest absolute Gasteiger partial charge is 0.233 e. The summed E-state index contributed by atoms with van der Waals surface area (Å²) in [5.41, 5.74) is 5.87. The molecule has 0 aliphatic heterocycles. The number of nitrogen functional groups attached to an aromatic ring is 1. The van der Waals surface area contributed by atoms with Gasteiger partial charge < -0.3 is 10.6 Å². The van der Waals surface area contributed by atoms with Crippen molar-refractivity contribution in [1.82, 2.24) is 20.1 Å². The lowest BCUT2D eigenvalue weighted by molar-refractivity contribution is -0.127. The molecule has 0 fully saturated rings. The Morgan fingerprint density at radius 2 is 2.25 bits per heavy atom. The monoisotopic (exact) mass is 295 g/mol. The van der Waals surface area contributed by atoms with E-state index >= 15 is 0 Å². The molecule has 0 bridgehead atoms. The molecule has 20 heavy (non-hydrogen) atoms. The van der Waals surface area contributed by atoms with Gasteiger partial charge in [-0.15, -0.1) is 5.10 Å². The fraction of sp³-hybridized carbons (Fsp3) is 0.250. The van der Waals surface area contributed by atoms with Gasteiger partial charge in [0.25, 0.3) is 0 Å². The molecule has 3 N–H and O–H groups in total. The molecule has 106 valence electrons. The number of amides is 1. The van der Waals surface area contributed by atoms with E-state index in [2.05, 4.69) is 15.2 Å². The average Bonchev–Trinajstić information content (AvgIpc) is 2.84. The highest BCUT2D eigenvalue weighted by Crippen LogP contribution is 2.14. The van der Waals surface area contributed by atoms with Crippen molar-refractivity contribution in [2.45, 2.75) is 11.7 Å². The van der Waals surface area contributed by atoms with E-state index in [0.29, 0.717) is 10.7 Å². The number of anilines is 1. The highest BCUT2D eigenvalue weighted by molar-refractivity contribution is 7.99. The number of rotatable bonds is 5. The molecule has 0 saturated carbocycles. The van der Waals surface area contributed by atoms with Gasteiger partial charge in [-0.3, -0.25) is 4.79 Å². The Labute approximate surface area is 119 Å². The van der Waals surface area contributed by atoms with Crippen LogP contribution in [-0.2, 0) is 11.3 Å². The third kappa shape index (κ3) is 3.70. The van der Waals surface area contributed by atoms with Gasteiger partial charge in [0, 0.05) is 19.2 Å². The lowest BCUT2D eigenvalue weighted by Gasteiger charge is -2.17. The molecular weight excluding hydrogens is 281 g/mol. The van der Waals surface area contributed by atoms with Gasteiger partial charge in [0.2, 0.25) is 17.0 Å². The number of hydrogen-bond acceptors (Lipinski definition) is 5. The number of thioether (sulfide) groups is 1. The molecular formula is C12H14FN5OS. The van der Waals surface area contributed by atoms with Gasteiger partial charge in [0.05, 0.1) is 5.75 Å². The molecule has 1 aromatic heterocycles. The summed E-state index contributed by atoms with van der Waals surface area (Å²) in [7, 11) is 1.63. The predicted molar refractivity (Wildman–Crippen MR) is 74.4 cm³/mol. The number of benzene rings is 1. The van der Waals surface area contributed by atoms with E-state index in [1.165, 1.54) is 22.7 Å². The Morgan fingerprint density at radius 1 is 1.50 bits per heavy atom. The van der Waals surface area contributed by atoms with Crippen molar-refractivity contribution in [3.05, 3.63) is 35.6 Å². The number of nitrogens with one attached hydrogen (secondary N) is 1. The number of nitrogens with two attached hydrogens (primary N) is 1. The first-order valence-electron chi connectivity index (χ1n) is 5.84. The first-order chi connectivity index (χ1) is 9.56. The molecule has 0 radical (unpaired) electrons. The second kappa shape index (κ2) is 6.38. The Balaban J connectivity index is 1.87. The van der Waals surface area contributed by atoms with E-state index in [4.69, 9.17) is 5.73 Å². The summed E-state index contributed by atoms with van der Waals surface area (Å²) in [5.74, 6) is -0.0785. The normalized spacial score (nSPS) is 10.5. The zero-order valence-corrected chi connectivity index (χ0v) is 11.7. The quantitative estimate of drug-likeness (QED) is 0.811. The van der Waals surface area contributed by atoms with Crippen LogP contribution in [0.1, 0.15) is 5.56 Å². The van der Waals surface area contributed by atoms with Crippen molar-refractivity contribution in [3.63, 3.8) is 0 Å². The van der Waals surface area contributed by atoms with Gasteiger partial charge in [-0.1, -0.05) is 30.0 Å². The number of carbonyl (C=O) groups excluding carboxylic acids is 1. The highest BCUT2D eigenvalue weighted by Gasteiger charge is 2.13. The molecule has 0 unspecified atom stereocenters. The van der Waals surface area contributed by atoms with Crippen LogP contribution in [0.5, 0.6) is 0 Å². The van der Waals surface area contributed by atoms with Crippen LogP contribution in [0, 0.1) is 5.82 Å². The second-order valence-electron chi connectivity index (χ2n) is 4.13. The maximum absolute atomic E-state index is 13.5. The first-order valence-corrected chi connectivity index (χ1v) is 6.83. The number of H-pyrrole nitrogens is 1. The maximum atomic E-state index is 13.5. The van der Waals surface area contributed by atoms with Gasteiger partial charge in [-0.2, -0.15) is 4.98 Å². The predicted octanol–water partition coefficient (Wildman–Crippen LogP) is 1.28. The van der Waals surface area contributed by atoms with Crippen molar-refractivity contribution in [2.24, 2.45) is 0 Å². The Morgan fingerprint density at radius 3 is 2.90 bits per heavy atom. The zero-order chi connectivity index (χ0) is 14.5. The molecule has 1 aromatic carbocycles. The summed E-state index contributed by atoms with van der Waals surface area (Å²) in [4.78, 5) is 17.3. The number of halogens is 1. The molecule has 8 heteroatoms.